The van der Waals surface area contributed by atoms with Gasteiger partial charge in [-0.25, -0.2) is 4.39 Å². The fourth-order valence-corrected chi connectivity index (χ4v) is 3.85. The standard InChI is InChI=1S/C22H20FN3O2S/c1-2-3-4-12-28-18-10-8-16(9-11-18)20-24-22-26(25-20)21(27)19(29-22)14-15-6-5-7-17(23)13-15/h5-11,13-14H,2-4,12H2,1H3/b19-14+. The average Bonchev–Trinajstić information content (AvgIpc) is 3.26. The van der Waals surface area contributed by atoms with Crippen LogP contribution in [0.15, 0.2) is 53.3 Å². The van der Waals surface area contributed by atoms with Gasteiger partial charge in [-0.1, -0.05) is 43.2 Å². The third-order valence-electron chi connectivity index (χ3n) is 4.46. The quantitative estimate of drug-likeness (QED) is 0.432. The number of rotatable bonds is 7. The van der Waals surface area contributed by atoms with Crippen molar-refractivity contribution < 1.29 is 9.13 Å². The van der Waals surface area contributed by atoms with E-state index >= 15 is 0 Å². The summed E-state index contributed by atoms with van der Waals surface area (Å²) in [5, 5.41) is 4.35. The van der Waals surface area contributed by atoms with Crippen LogP contribution >= 0.6 is 11.3 Å². The minimum Gasteiger partial charge on any atom is -0.494 e. The van der Waals surface area contributed by atoms with Gasteiger partial charge in [-0.15, -0.1) is 5.10 Å². The van der Waals surface area contributed by atoms with Crippen molar-refractivity contribution >= 4 is 22.4 Å². The third kappa shape index (κ3) is 4.35. The van der Waals surface area contributed by atoms with Crippen molar-refractivity contribution in [3.05, 3.63) is 74.8 Å². The van der Waals surface area contributed by atoms with Crippen molar-refractivity contribution in [1.82, 2.24) is 14.6 Å². The summed E-state index contributed by atoms with van der Waals surface area (Å²) in [5.41, 5.74) is 1.18. The molecular weight excluding hydrogens is 389 g/mol. The Morgan fingerprint density at radius 1 is 1.17 bits per heavy atom. The lowest BCUT2D eigenvalue weighted by molar-refractivity contribution is 0.306. The Morgan fingerprint density at radius 3 is 2.72 bits per heavy atom. The van der Waals surface area contributed by atoms with Crippen molar-refractivity contribution in [2.24, 2.45) is 0 Å². The summed E-state index contributed by atoms with van der Waals surface area (Å²) in [6.45, 7) is 2.86. The molecule has 0 fully saturated rings. The number of fused-ring (bicyclic) bond motifs is 1. The fourth-order valence-electron chi connectivity index (χ4n) is 2.95. The van der Waals surface area contributed by atoms with Gasteiger partial charge < -0.3 is 4.74 Å². The molecule has 4 aromatic rings. The molecule has 2 heterocycles. The molecule has 0 saturated heterocycles. The van der Waals surface area contributed by atoms with Crippen molar-refractivity contribution in [3.63, 3.8) is 0 Å². The zero-order valence-electron chi connectivity index (χ0n) is 16.0. The molecule has 2 aromatic heterocycles. The second kappa shape index (κ2) is 8.53. The van der Waals surface area contributed by atoms with E-state index in [9.17, 15) is 9.18 Å². The Balaban J connectivity index is 1.56. The SMILES string of the molecule is CCCCCOc1ccc(-c2nc3s/c(=C/c4cccc(F)c4)c(=O)n3n2)cc1. The molecule has 2 aromatic carbocycles. The lowest BCUT2D eigenvalue weighted by atomic mass is 10.2. The highest BCUT2D eigenvalue weighted by Gasteiger charge is 2.12. The summed E-state index contributed by atoms with van der Waals surface area (Å²) in [4.78, 5) is 17.6. The summed E-state index contributed by atoms with van der Waals surface area (Å²) in [6.07, 6.45) is 5.01. The van der Waals surface area contributed by atoms with Gasteiger partial charge in [-0.05, 0) is 54.5 Å². The van der Waals surface area contributed by atoms with Crippen LogP contribution in [0.2, 0.25) is 0 Å². The van der Waals surface area contributed by atoms with Gasteiger partial charge in [0.15, 0.2) is 5.82 Å². The largest absolute Gasteiger partial charge is 0.494 e. The molecule has 0 aliphatic rings. The molecule has 0 bridgehead atoms. The highest BCUT2D eigenvalue weighted by Crippen LogP contribution is 2.20. The molecule has 0 N–H and O–H groups in total. The maximum atomic E-state index is 13.4. The van der Waals surface area contributed by atoms with E-state index in [-0.39, 0.29) is 11.4 Å². The van der Waals surface area contributed by atoms with Gasteiger partial charge in [-0.3, -0.25) is 4.79 Å². The Bertz CT molecular complexity index is 1230. The van der Waals surface area contributed by atoms with Crippen LogP contribution in [0.3, 0.4) is 0 Å². The van der Waals surface area contributed by atoms with E-state index in [1.54, 1.807) is 18.2 Å². The molecule has 0 unspecified atom stereocenters. The monoisotopic (exact) mass is 409 g/mol. The molecular formula is C22H20FN3O2S. The average molecular weight is 409 g/mol. The molecule has 0 radical (unpaired) electrons. The molecule has 7 heteroatoms. The number of ether oxygens (including phenoxy) is 1. The molecule has 5 nitrogen and oxygen atoms in total. The lowest BCUT2D eigenvalue weighted by Gasteiger charge is -2.05. The first-order valence-electron chi connectivity index (χ1n) is 9.54. The van der Waals surface area contributed by atoms with E-state index in [2.05, 4.69) is 17.0 Å². The molecule has 0 aliphatic heterocycles. The molecule has 0 saturated carbocycles. The number of benzene rings is 2. The Hall–Kier alpha value is -3.06. The van der Waals surface area contributed by atoms with Gasteiger partial charge >= 0.3 is 0 Å². The van der Waals surface area contributed by atoms with Crippen molar-refractivity contribution in [1.29, 1.82) is 0 Å². The number of hydrogen-bond acceptors (Lipinski definition) is 5. The smallest absolute Gasteiger partial charge is 0.291 e. The number of hydrogen-bond donors (Lipinski definition) is 0. The number of halogens is 1. The maximum Gasteiger partial charge on any atom is 0.291 e. The van der Waals surface area contributed by atoms with E-state index in [1.165, 1.54) is 28.0 Å². The number of unbranched alkanes of at least 4 members (excludes halogenated alkanes) is 2. The highest BCUT2D eigenvalue weighted by atomic mass is 32.1. The minimum absolute atomic E-state index is 0.260. The molecule has 0 atom stereocenters. The maximum absolute atomic E-state index is 13.4. The van der Waals surface area contributed by atoms with Crippen molar-refractivity contribution in [2.75, 3.05) is 6.61 Å². The highest BCUT2D eigenvalue weighted by molar-refractivity contribution is 7.15. The van der Waals surface area contributed by atoms with Crippen LogP contribution in [0, 0.1) is 5.82 Å². The van der Waals surface area contributed by atoms with Gasteiger partial charge in [0, 0.05) is 5.56 Å². The van der Waals surface area contributed by atoms with Crippen LogP contribution in [-0.4, -0.2) is 21.2 Å². The van der Waals surface area contributed by atoms with Gasteiger partial charge in [0.25, 0.3) is 5.56 Å². The van der Waals surface area contributed by atoms with Crippen LogP contribution in [0.5, 0.6) is 5.75 Å². The number of aromatic nitrogens is 3. The molecule has 0 amide bonds. The summed E-state index contributed by atoms with van der Waals surface area (Å²) < 4.78 is 20.8. The normalized spacial score (nSPS) is 12.0. The number of nitrogens with zero attached hydrogens (tertiary/aromatic N) is 3. The molecule has 0 spiro atoms. The summed E-state index contributed by atoms with van der Waals surface area (Å²) in [7, 11) is 0. The van der Waals surface area contributed by atoms with E-state index in [1.807, 2.05) is 24.3 Å². The van der Waals surface area contributed by atoms with Crippen LogP contribution < -0.4 is 14.8 Å². The van der Waals surface area contributed by atoms with E-state index in [0.717, 1.165) is 30.6 Å². The zero-order valence-corrected chi connectivity index (χ0v) is 16.8. The fraction of sp³-hybridized carbons (Fsp3) is 0.227. The summed E-state index contributed by atoms with van der Waals surface area (Å²) in [5.74, 6) is 0.955. The van der Waals surface area contributed by atoms with E-state index < -0.39 is 0 Å². The summed E-state index contributed by atoms with van der Waals surface area (Å²) in [6, 6.07) is 13.7. The minimum atomic E-state index is -0.342. The predicted octanol–water partition coefficient (Wildman–Crippen LogP) is 4.07. The van der Waals surface area contributed by atoms with Gasteiger partial charge in [0.05, 0.1) is 11.1 Å². The predicted molar refractivity (Wildman–Crippen MR) is 113 cm³/mol. The van der Waals surface area contributed by atoms with Crippen molar-refractivity contribution in [2.45, 2.75) is 26.2 Å². The molecule has 29 heavy (non-hydrogen) atoms. The molecule has 148 valence electrons. The lowest BCUT2D eigenvalue weighted by Crippen LogP contribution is -2.23. The van der Waals surface area contributed by atoms with Gasteiger partial charge in [0.1, 0.15) is 11.6 Å². The molecule has 0 aliphatic carbocycles. The zero-order chi connectivity index (χ0) is 20.2. The Labute approximate surface area is 171 Å². The van der Waals surface area contributed by atoms with Crippen molar-refractivity contribution in [3.8, 4) is 17.1 Å². The van der Waals surface area contributed by atoms with Crippen LogP contribution in [0.4, 0.5) is 4.39 Å². The van der Waals surface area contributed by atoms with Crippen LogP contribution in [0.25, 0.3) is 22.4 Å². The van der Waals surface area contributed by atoms with Crippen LogP contribution in [0.1, 0.15) is 31.7 Å². The third-order valence-corrected chi connectivity index (χ3v) is 5.42. The number of thiazole rings is 1. The van der Waals surface area contributed by atoms with Gasteiger partial charge in [-0.2, -0.15) is 9.50 Å². The van der Waals surface area contributed by atoms with E-state index in [0.29, 0.717) is 27.5 Å². The summed E-state index contributed by atoms with van der Waals surface area (Å²) >= 11 is 1.23. The Morgan fingerprint density at radius 2 is 2.00 bits per heavy atom. The van der Waals surface area contributed by atoms with E-state index in [4.69, 9.17) is 4.74 Å². The second-order valence-corrected chi connectivity index (χ2v) is 7.69. The topological polar surface area (TPSA) is 56.5 Å². The first-order valence-corrected chi connectivity index (χ1v) is 10.4. The first kappa shape index (κ1) is 19.3. The second-order valence-electron chi connectivity index (χ2n) is 6.68. The first-order chi connectivity index (χ1) is 14.1. The van der Waals surface area contributed by atoms with Crippen LogP contribution in [-0.2, 0) is 0 Å². The molecule has 4 rings (SSSR count). The Kier molecular flexibility index (Phi) is 5.67. The van der Waals surface area contributed by atoms with Gasteiger partial charge in [0.2, 0.25) is 4.96 Å².